The Morgan fingerprint density at radius 1 is 1.21 bits per heavy atom. The summed E-state index contributed by atoms with van der Waals surface area (Å²) in [5, 5.41) is 0. The summed E-state index contributed by atoms with van der Waals surface area (Å²) in [5.41, 5.74) is 1.45. The normalized spacial score (nSPS) is 12.1. The molecule has 0 saturated heterocycles. The maximum Gasteiger partial charge on any atom is 0.508 e. The molecular formula is C12H17ClMg. The SMILES string of the molecule is CCCCC[CH]([Mg][Cl])c1ccccc1. The Labute approximate surface area is 101 Å². The smallest absolute Gasteiger partial charge is 0.345 e. The van der Waals surface area contributed by atoms with Gasteiger partial charge in [0.25, 0.3) is 0 Å². The molecule has 1 unspecified atom stereocenters. The molecule has 14 heavy (non-hydrogen) atoms. The largest absolute Gasteiger partial charge is 0.508 e. The lowest BCUT2D eigenvalue weighted by molar-refractivity contribution is 0.654. The average molecular weight is 221 g/mol. The van der Waals surface area contributed by atoms with Crippen molar-refractivity contribution in [2.24, 2.45) is 0 Å². The minimum Gasteiger partial charge on any atom is -0.345 e. The van der Waals surface area contributed by atoms with Crippen LogP contribution in [-0.2, 0) is 0 Å². The van der Waals surface area contributed by atoms with Crippen LogP contribution >= 0.6 is 9.07 Å². The lowest BCUT2D eigenvalue weighted by Crippen LogP contribution is -2.03. The number of unbranched alkanes of at least 4 members (excludes halogenated alkanes) is 2. The highest BCUT2D eigenvalue weighted by Crippen LogP contribution is 2.21. The van der Waals surface area contributed by atoms with Gasteiger partial charge in [-0.25, -0.2) is 0 Å². The highest BCUT2D eigenvalue weighted by atomic mass is 35.5. The Morgan fingerprint density at radius 2 is 1.93 bits per heavy atom. The summed E-state index contributed by atoms with van der Waals surface area (Å²) in [5.74, 6) is 0. The third-order valence-corrected chi connectivity index (χ3v) is 4.98. The van der Waals surface area contributed by atoms with Gasteiger partial charge in [-0.3, -0.25) is 0 Å². The molecule has 0 aliphatic rings. The molecule has 0 aliphatic carbocycles. The van der Waals surface area contributed by atoms with Gasteiger partial charge in [-0.1, -0.05) is 72.5 Å². The predicted octanol–water partition coefficient (Wildman–Crippen LogP) is 4.17. The Morgan fingerprint density at radius 3 is 2.50 bits per heavy atom. The lowest BCUT2D eigenvalue weighted by atomic mass is 10.1. The first-order chi connectivity index (χ1) is 6.88. The van der Waals surface area contributed by atoms with Crippen molar-refractivity contribution in [2.45, 2.75) is 36.7 Å². The monoisotopic (exact) mass is 220 g/mol. The first kappa shape index (κ1) is 12.3. The van der Waals surface area contributed by atoms with Crippen LogP contribution in [0.4, 0.5) is 0 Å². The molecule has 0 spiro atoms. The highest BCUT2D eigenvalue weighted by molar-refractivity contribution is 6.94. The quantitative estimate of drug-likeness (QED) is 0.499. The minimum atomic E-state index is -0.426. The van der Waals surface area contributed by atoms with Crippen molar-refractivity contribution >= 4 is 28.3 Å². The van der Waals surface area contributed by atoms with Crippen molar-refractivity contribution in [3.05, 3.63) is 35.9 Å². The fourth-order valence-corrected chi connectivity index (χ4v) is 3.59. The Bertz CT molecular complexity index is 235. The van der Waals surface area contributed by atoms with Crippen molar-refractivity contribution in [3.8, 4) is 0 Å². The van der Waals surface area contributed by atoms with E-state index in [1.165, 1.54) is 31.2 Å². The van der Waals surface area contributed by atoms with Crippen LogP contribution in [0.25, 0.3) is 0 Å². The van der Waals surface area contributed by atoms with E-state index in [1.54, 1.807) is 0 Å². The third kappa shape index (κ3) is 4.20. The third-order valence-electron chi connectivity index (χ3n) is 2.61. The van der Waals surface area contributed by atoms with E-state index in [2.05, 4.69) is 37.3 Å². The van der Waals surface area contributed by atoms with Crippen molar-refractivity contribution in [1.82, 2.24) is 0 Å². The van der Waals surface area contributed by atoms with Gasteiger partial charge in [0, 0.05) is 0 Å². The molecule has 0 aliphatic heterocycles. The van der Waals surface area contributed by atoms with Crippen molar-refractivity contribution < 1.29 is 0 Å². The predicted molar refractivity (Wildman–Crippen MR) is 64.9 cm³/mol. The molecule has 1 rings (SSSR count). The molecular weight excluding hydrogens is 204 g/mol. The van der Waals surface area contributed by atoms with Gasteiger partial charge in [-0.05, 0) is 0 Å². The first-order valence-corrected chi connectivity index (χ1v) is 8.44. The minimum absolute atomic E-state index is 0.426. The van der Waals surface area contributed by atoms with E-state index >= 15 is 0 Å². The number of hydrogen-bond donors (Lipinski definition) is 0. The van der Waals surface area contributed by atoms with Gasteiger partial charge in [-0.2, -0.15) is 0 Å². The van der Waals surface area contributed by atoms with Gasteiger partial charge in [-0.15, -0.1) is 0 Å². The fraction of sp³-hybridized carbons (Fsp3) is 0.500. The van der Waals surface area contributed by atoms with Crippen molar-refractivity contribution in [3.63, 3.8) is 0 Å². The van der Waals surface area contributed by atoms with Crippen molar-refractivity contribution in [1.29, 1.82) is 0 Å². The molecule has 0 N–H and O–H groups in total. The standard InChI is InChI=1S/C12H17.ClH.Mg/c1-2-3-4-6-9-12-10-7-5-8-11-12;;/h5,7-11H,2-4,6H2,1H3;1H;/q;;+1/p-1. The number of rotatable bonds is 6. The van der Waals surface area contributed by atoms with Crippen LogP contribution in [0.5, 0.6) is 0 Å². The summed E-state index contributed by atoms with van der Waals surface area (Å²) < 4.78 is 0.685. The van der Waals surface area contributed by atoms with E-state index in [0.29, 0.717) is 4.05 Å². The van der Waals surface area contributed by atoms with Crippen LogP contribution in [-0.4, -0.2) is 19.3 Å². The number of halogens is 1. The van der Waals surface area contributed by atoms with Crippen LogP contribution in [0, 0.1) is 0 Å². The summed E-state index contributed by atoms with van der Waals surface area (Å²) >= 11 is -0.426. The summed E-state index contributed by atoms with van der Waals surface area (Å²) in [6, 6.07) is 10.7. The van der Waals surface area contributed by atoms with Crippen LogP contribution in [0.2, 0.25) is 0 Å². The van der Waals surface area contributed by atoms with Crippen LogP contribution < -0.4 is 0 Å². The van der Waals surface area contributed by atoms with E-state index in [4.69, 9.17) is 9.07 Å². The van der Waals surface area contributed by atoms with Gasteiger partial charge in [0.2, 0.25) is 0 Å². The van der Waals surface area contributed by atoms with E-state index < -0.39 is 19.3 Å². The Hall–Kier alpha value is 0.276. The topological polar surface area (TPSA) is 0 Å². The summed E-state index contributed by atoms with van der Waals surface area (Å²) in [7, 11) is 6.12. The molecule has 0 radical (unpaired) electrons. The molecule has 0 amide bonds. The molecule has 2 heteroatoms. The van der Waals surface area contributed by atoms with Gasteiger partial charge in [0.15, 0.2) is 0 Å². The molecule has 1 aromatic rings. The highest BCUT2D eigenvalue weighted by Gasteiger charge is 2.12. The van der Waals surface area contributed by atoms with E-state index in [0.717, 1.165) is 0 Å². The van der Waals surface area contributed by atoms with Crippen molar-refractivity contribution in [2.75, 3.05) is 0 Å². The number of benzene rings is 1. The molecule has 0 heterocycles. The molecule has 74 valence electrons. The Balaban J connectivity index is 2.46. The van der Waals surface area contributed by atoms with E-state index in [-0.39, 0.29) is 0 Å². The summed E-state index contributed by atoms with van der Waals surface area (Å²) in [4.78, 5) is 0. The van der Waals surface area contributed by atoms with E-state index in [9.17, 15) is 0 Å². The lowest BCUT2D eigenvalue weighted by Gasteiger charge is -2.13. The van der Waals surface area contributed by atoms with Gasteiger partial charge in [0.05, 0.1) is 0 Å². The second-order valence-corrected chi connectivity index (χ2v) is 5.98. The molecule has 0 nitrogen and oxygen atoms in total. The van der Waals surface area contributed by atoms with Gasteiger partial charge < -0.3 is 9.07 Å². The summed E-state index contributed by atoms with van der Waals surface area (Å²) in [6.45, 7) is 2.25. The molecule has 0 bridgehead atoms. The summed E-state index contributed by atoms with van der Waals surface area (Å²) in [6.07, 6.45) is 5.25. The number of hydrogen-bond acceptors (Lipinski definition) is 0. The van der Waals surface area contributed by atoms with E-state index in [1.807, 2.05) is 0 Å². The molecule has 0 fully saturated rings. The zero-order chi connectivity index (χ0) is 10.2. The second-order valence-electron chi connectivity index (χ2n) is 3.76. The maximum absolute atomic E-state index is 6.12. The van der Waals surface area contributed by atoms with Crippen LogP contribution in [0.3, 0.4) is 0 Å². The van der Waals surface area contributed by atoms with Gasteiger partial charge in [0.1, 0.15) is 0 Å². The molecule has 1 atom stereocenters. The molecule has 1 aromatic carbocycles. The Kier molecular flexibility index (Phi) is 6.66. The molecule has 0 saturated carbocycles. The second kappa shape index (κ2) is 7.55. The van der Waals surface area contributed by atoms with Crippen LogP contribution in [0.15, 0.2) is 30.3 Å². The zero-order valence-electron chi connectivity index (χ0n) is 8.88. The average Bonchev–Trinajstić information content (AvgIpc) is 2.26. The molecule has 0 aromatic heterocycles. The van der Waals surface area contributed by atoms with Crippen LogP contribution in [0.1, 0.15) is 42.2 Å². The maximum atomic E-state index is 6.12. The zero-order valence-corrected chi connectivity index (χ0v) is 11.0. The first-order valence-electron chi connectivity index (χ1n) is 5.49. The fourth-order valence-electron chi connectivity index (χ4n) is 1.70. The van der Waals surface area contributed by atoms with Gasteiger partial charge >= 0.3 is 19.3 Å².